The van der Waals surface area contributed by atoms with Gasteiger partial charge >= 0.3 is 0 Å². The molecule has 1 aromatic carbocycles. The molecular formula is C11H12O. The summed E-state index contributed by atoms with van der Waals surface area (Å²) in [7, 11) is 0. The first kappa shape index (κ1) is 8.60. The lowest BCUT2D eigenvalue weighted by Gasteiger charge is -2.06. The molecule has 62 valence electrons. The van der Waals surface area contributed by atoms with Crippen molar-refractivity contribution in [3.05, 3.63) is 42.5 Å². The molecule has 0 aromatic heterocycles. The van der Waals surface area contributed by atoms with E-state index in [0.29, 0.717) is 0 Å². The van der Waals surface area contributed by atoms with Crippen LogP contribution in [0.15, 0.2) is 31.4 Å². The Labute approximate surface area is 72.7 Å². The molecule has 12 heavy (non-hydrogen) atoms. The lowest BCUT2D eigenvalue weighted by atomic mass is 10.0. The van der Waals surface area contributed by atoms with E-state index in [4.69, 9.17) is 0 Å². The summed E-state index contributed by atoms with van der Waals surface area (Å²) < 4.78 is 0. The molecule has 0 bridgehead atoms. The first-order valence-corrected chi connectivity index (χ1v) is 3.77. The fourth-order valence-electron chi connectivity index (χ4n) is 1.14. The smallest absolute Gasteiger partial charge is 0.123 e. The minimum absolute atomic E-state index is 0.255. The minimum atomic E-state index is 0.255. The third-order valence-corrected chi connectivity index (χ3v) is 1.75. The quantitative estimate of drug-likeness (QED) is 0.704. The molecule has 0 aliphatic heterocycles. The number of phenolic OH excluding ortho intramolecular Hbond substituents is 1. The molecule has 0 saturated heterocycles. The van der Waals surface area contributed by atoms with Gasteiger partial charge in [0.15, 0.2) is 0 Å². The monoisotopic (exact) mass is 160 g/mol. The summed E-state index contributed by atoms with van der Waals surface area (Å²) in [5.74, 6) is 0.255. The minimum Gasteiger partial charge on any atom is -0.507 e. The second-order valence-corrected chi connectivity index (χ2v) is 2.72. The van der Waals surface area contributed by atoms with Crippen LogP contribution < -0.4 is 0 Å². The molecule has 0 unspecified atom stereocenters. The van der Waals surface area contributed by atoms with Gasteiger partial charge in [-0.15, -0.1) is 0 Å². The average molecular weight is 160 g/mol. The Hall–Kier alpha value is -1.50. The number of hydrogen-bond acceptors (Lipinski definition) is 1. The van der Waals surface area contributed by atoms with E-state index in [-0.39, 0.29) is 5.75 Å². The van der Waals surface area contributed by atoms with Gasteiger partial charge in [-0.1, -0.05) is 36.9 Å². The predicted octanol–water partition coefficient (Wildman–Crippen LogP) is 3.07. The van der Waals surface area contributed by atoms with Crippen molar-refractivity contribution in [2.75, 3.05) is 0 Å². The van der Waals surface area contributed by atoms with E-state index in [2.05, 4.69) is 13.2 Å². The van der Waals surface area contributed by atoms with Crippen LogP contribution in [-0.4, -0.2) is 5.11 Å². The molecule has 1 heteroatoms. The summed E-state index contributed by atoms with van der Waals surface area (Å²) in [4.78, 5) is 0. The Morgan fingerprint density at radius 1 is 1.50 bits per heavy atom. The van der Waals surface area contributed by atoms with Crippen LogP contribution in [-0.2, 0) is 0 Å². The average Bonchev–Trinajstić information content (AvgIpc) is 2.03. The van der Waals surface area contributed by atoms with Crippen LogP contribution in [0.1, 0.15) is 18.1 Å². The molecule has 0 aliphatic rings. The second-order valence-electron chi connectivity index (χ2n) is 2.72. The van der Waals surface area contributed by atoms with Crippen molar-refractivity contribution in [2.45, 2.75) is 6.92 Å². The van der Waals surface area contributed by atoms with Crippen LogP contribution in [0, 0.1) is 0 Å². The van der Waals surface area contributed by atoms with Gasteiger partial charge in [-0.05, 0) is 18.6 Å². The summed E-state index contributed by atoms with van der Waals surface area (Å²) in [6.07, 6.45) is 1.64. The van der Waals surface area contributed by atoms with Crippen LogP contribution in [0.5, 0.6) is 5.75 Å². The summed E-state index contributed by atoms with van der Waals surface area (Å²) in [5, 5.41) is 9.43. The zero-order chi connectivity index (χ0) is 9.14. The Morgan fingerprint density at radius 3 is 2.58 bits per heavy atom. The number of allylic oxidation sites excluding steroid dienone is 1. The van der Waals surface area contributed by atoms with Gasteiger partial charge in [-0.25, -0.2) is 0 Å². The largest absolute Gasteiger partial charge is 0.507 e. The maximum absolute atomic E-state index is 9.43. The fraction of sp³-hybridized carbons (Fsp3) is 0.0909. The molecule has 0 fully saturated rings. The van der Waals surface area contributed by atoms with Gasteiger partial charge in [-0.2, -0.15) is 0 Å². The molecule has 0 saturated carbocycles. The van der Waals surface area contributed by atoms with Gasteiger partial charge in [0, 0.05) is 5.56 Å². The van der Waals surface area contributed by atoms with Crippen molar-refractivity contribution in [3.8, 4) is 5.75 Å². The standard InChI is InChI=1S/C11H12O/c1-4-9-10(8(2)3)6-5-7-11(9)12/h4-7,12H,1-2H2,3H3. The van der Waals surface area contributed by atoms with Gasteiger partial charge in [0.25, 0.3) is 0 Å². The van der Waals surface area contributed by atoms with Crippen molar-refractivity contribution in [1.82, 2.24) is 0 Å². The molecule has 0 heterocycles. The molecular weight excluding hydrogens is 148 g/mol. The zero-order valence-electron chi connectivity index (χ0n) is 7.17. The highest BCUT2D eigenvalue weighted by Gasteiger charge is 2.03. The van der Waals surface area contributed by atoms with Gasteiger partial charge in [0.2, 0.25) is 0 Å². The molecule has 0 spiro atoms. The van der Waals surface area contributed by atoms with Crippen LogP contribution >= 0.6 is 0 Å². The predicted molar refractivity (Wildman–Crippen MR) is 52.9 cm³/mol. The number of benzene rings is 1. The van der Waals surface area contributed by atoms with E-state index >= 15 is 0 Å². The normalized spacial score (nSPS) is 9.42. The van der Waals surface area contributed by atoms with Crippen molar-refractivity contribution < 1.29 is 5.11 Å². The molecule has 0 amide bonds. The molecule has 0 aliphatic carbocycles. The molecule has 0 radical (unpaired) electrons. The molecule has 1 N–H and O–H groups in total. The van der Waals surface area contributed by atoms with E-state index in [1.807, 2.05) is 13.0 Å². The van der Waals surface area contributed by atoms with Gasteiger partial charge in [0.1, 0.15) is 5.75 Å². The van der Waals surface area contributed by atoms with Crippen molar-refractivity contribution >= 4 is 11.6 Å². The lowest BCUT2D eigenvalue weighted by molar-refractivity contribution is 0.474. The van der Waals surface area contributed by atoms with Gasteiger partial charge < -0.3 is 5.11 Å². The molecule has 0 atom stereocenters. The molecule has 1 nitrogen and oxygen atoms in total. The summed E-state index contributed by atoms with van der Waals surface area (Å²) in [5.41, 5.74) is 2.64. The Bertz CT molecular complexity index is 324. The SMILES string of the molecule is C=Cc1c(O)cccc1C(=C)C. The Morgan fingerprint density at radius 2 is 2.17 bits per heavy atom. The van der Waals surface area contributed by atoms with E-state index in [1.165, 1.54) is 0 Å². The number of phenols is 1. The van der Waals surface area contributed by atoms with E-state index < -0.39 is 0 Å². The van der Waals surface area contributed by atoms with E-state index in [9.17, 15) is 5.11 Å². The number of rotatable bonds is 2. The number of hydrogen-bond donors (Lipinski definition) is 1. The van der Waals surface area contributed by atoms with Crippen molar-refractivity contribution in [1.29, 1.82) is 0 Å². The zero-order valence-corrected chi connectivity index (χ0v) is 7.17. The van der Waals surface area contributed by atoms with E-state index in [0.717, 1.165) is 16.7 Å². The Kier molecular flexibility index (Phi) is 2.34. The first-order chi connectivity index (χ1) is 5.66. The van der Waals surface area contributed by atoms with Crippen molar-refractivity contribution in [2.24, 2.45) is 0 Å². The third-order valence-electron chi connectivity index (χ3n) is 1.75. The topological polar surface area (TPSA) is 20.2 Å². The van der Waals surface area contributed by atoms with Gasteiger partial charge in [0.05, 0.1) is 0 Å². The third kappa shape index (κ3) is 1.40. The van der Waals surface area contributed by atoms with Crippen molar-refractivity contribution in [3.63, 3.8) is 0 Å². The number of aromatic hydroxyl groups is 1. The first-order valence-electron chi connectivity index (χ1n) is 3.77. The summed E-state index contributed by atoms with van der Waals surface area (Å²) in [6.45, 7) is 9.35. The highest BCUT2D eigenvalue weighted by Crippen LogP contribution is 2.26. The van der Waals surface area contributed by atoms with Crippen LogP contribution in [0.3, 0.4) is 0 Å². The van der Waals surface area contributed by atoms with Crippen LogP contribution in [0.25, 0.3) is 11.6 Å². The highest BCUT2D eigenvalue weighted by molar-refractivity contribution is 5.74. The second kappa shape index (κ2) is 3.26. The Balaban J connectivity index is 3.37. The maximum Gasteiger partial charge on any atom is 0.123 e. The van der Waals surface area contributed by atoms with E-state index in [1.54, 1.807) is 18.2 Å². The van der Waals surface area contributed by atoms with Crippen LogP contribution in [0.4, 0.5) is 0 Å². The van der Waals surface area contributed by atoms with Gasteiger partial charge in [-0.3, -0.25) is 0 Å². The summed E-state index contributed by atoms with van der Waals surface area (Å²) >= 11 is 0. The summed E-state index contributed by atoms with van der Waals surface area (Å²) in [6, 6.07) is 5.36. The maximum atomic E-state index is 9.43. The molecule has 1 aromatic rings. The fourth-order valence-corrected chi connectivity index (χ4v) is 1.14. The highest BCUT2D eigenvalue weighted by atomic mass is 16.3. The lowest BCUT2D eigenvalue weighted by Crippen LogP contribution is -1.84. The van der Waals surface area contributed by atoms with Crippen LogP contribution in [0.2, 0.25) is 0 Å². The molecule has 1 rings (SSSR count).